The van der Waals surface area contributed by atoms with Crippen molar-refractivity contribution in [2.24, 2.45) is 0 Å². The van der Waals surface area contributed by atoms with Gasteiger partial charge >= 0.3 is 5.97 Å². The van der Waals surface area contributed by atoms with Crippen LogP contribution >= 0.6 is 0 Å². The number of aryl methyl sites for hydroxylation is 1. The van der Waals surface area contributed by atoms with Crippen LogP contribution in [0.1, 0.15) is 72.8 Å². The van der Waals surface area contributed by atoms with Crippen LogP contribution in [0.2, 0.25) is 0 Å². The first-order valence-corrected chi connectivity index (χ1v) is 6.31. The van der Waals surface area contributed by atoms with Crippen molar-refractivity contribution in [3.8, 4) is 0 Å². The molecule has 0 saturated carbocycles. The zero-order chi connectivity index (χ0) is 12.6. The zero-order valence-electron chi connectivity index (χ0n) is 10.7. The number of fused-ring (bicyclic) bond motifs is 1. The third-order valence-electron chi connectivity index (χ3n) is 3.76. The highest BCUT2D eigenvalue weighted by Gasteiger charge is 2.26. The lowest BCUT2D eigenvalue weighted by Crippen LogP contribution is -2.17. The lowest BCUT2D eigenvalue weighted by molar-refractivity contribution is 0.0695. The van der Waals surface area contributed by atoms with Gasteiger partial charge in [-0.05, 0) is 42.7 Å². The molecule has 3 heteroatoms. The number of rotatable bonds is 2. The van der Waals surface area contributed by atoms with Crippen molar-refractivity contribution in [3.05, 3.63) is 28.6 Å². The Morgan fingerprint density at radius 1 is 1.41 bits per heavy atom. The van der Waals surface area contributed by atoms with Gasteiger partial charge in [-0.15, -0.1) is 0 Å². The minimum Gasteiger partial charge on any atom is -0.478 e. The quantitative estimate of drug-likeness (QED) is 0.852. The van der Waals surface area contributed by atoms with Gasteiger partial charge in [-0.2, -0.15) is 0 Å². The fourth-order valence-corrected chi connectivity index (χ4v) is 2.62. The summed E-state index contributed by atoms with van der Waals surface area (Å²) in [4.78, 5) is 15.8. The van der Waals surface area contributed by atoms with E-state index in [2.05, 4.69) is 18.8 Å². The maximum absolute atomic E-state index is 11.2. The molecule has 0 spiro atoms. The third-order valence-corrected chi connectivity index (χ3v) is 3.76. The van der Waals surface area contributed by atoms with Gasteiger partial charge < -0.3 is 5.11 Å². The number of carboxylic acids is 1. The Labute approximate surface area is 102 Å². The SMILES string of the molecule is CCc1nc2c(cc1C(=O)O)C(C)CCC2C. The molecule has 0 aliphatic heterocycles. The number of pyridine rings is 1. The predicted octanol–water partition coefficient (Wildman–Crippen LogP) is 3.34. The minimum atomic E-state index is -0.859. The summed E-state index contributed by atoms with van der Waals surface area (Å²) in [6, 6.07) is 1.85. The summed E-state index contributed by atoms with van der Waals surface area (Å²) in [7, 11) is 0. The fourth-order valence-electron chi connectivity index (χ4n) is 2.62. The second-order valence-electron chi connectivity index (χ2n) is 5.00. The van der Waals surface area contributed by atoms with Crippen molar-refractivity contribution in [3.63, 3.8) is 0 Å². The highest BCUT2D eigenvalue weighted by Crippen LogP contribution is 2.38. The van der Waals surface area contributed by atoms with Crippen molar-refractivity contribution in [2.45, 2.75) is 51.9 Å². The van der Waals surface area contributed by atoms with Gasteiger partial charge in [0.1, 0.15) is 0 Å². The van der Waals surface area contributed by atoms with Gasteiger partial charge in [0.25, 0.3) is 0 Å². The summed E-state index contributed by atoms with van der Waals surface area (Å²) < 4.78 is 0. The van der Waals surface area contributed by atoms with Gasteiger partial charge in [0.05, 0.1) is 11.3 Å². The lowest BCUT2D eigenvalue weighted by Gasteiger charge is -2.27. The molecule has 1 heterocycles. The van der Waals surface area contributed by atoms with Gasteiger partial charge in [-0.3, -0.25) is 4.98 Å². The van der Waals surface area contributed by atoms with Gasteiger partial charge in [0.2, 0.25) is 0 Å². The Morgan fingerprint density at radius 3 is 2.65 bits per heavy atom. The van der Waals surface area contributed by atoms with E-state index >= 15 is 0 Å². The van der Waals surface area contributed by atoms with E-state index in [0.717, 1.165) is 29.8 Å². The second-order valence-corrected chi connectivity index (χ2v) is 5.00. The Bertz CT molecular complexity index is 454. The lowest BCUT2D eigenvalue weighted by atomic mass is 9.80. The number of hydrogen-bond donors (Lipinski definition) is 1. The van der Waals surface area contributed by atoms with Crippen LogP contribution in [0.25, 0.3) is 0 Å². The van der Waals surface area contributed by atoms with Gasteiger partial charge in [0, 0.05) is 5.69 Å². The smallest absolute Gasteiger partial charge is 0.337 e. The number of aromatic nitrogens is 1. The first-order chi connectivity index (χ1) is 8.04. The van der Waals surface area contributed by atoms with Gasteiger partial charge in [-0.1, -0.05) is 20.8 Å². The van der Waals surface area contributed by atoms with E-state index in [4.69, 9.17) is 0 Å². The third kappa shape index (κ3) is 2.06. The molecular formula is C14H19NO2. The maximum Gasteiger partial charge on any atom is 0.337 e. The van der Waals surface area contributed by atoms with E-state index in [1.54, 1.807) is 0 Å². The van der Waals surface area contributed by atoms with E-state index in [1.165, 1.54) is 0 Å². The molecule has 1 N–H and O–H groups in total. The average molecular weight is 233 g/mol. The largest absolute Gasteiger partial charge is 0.478 e. The molecule has 1 aliphatic carbocycles. The van der Waals surface area contributed by atoms with Crippen LogP contribution in [0.15, 0.2) is 6.07 Å². The van der Waals surface area contributed by atoms with Crippen LogP contribution in [-0.4, -0.2) is 16.1 Å². The summed E-state index contributed by atoms with van der Waals surface area (Å²) in [6.45, 7) is 6.29. The normalized spacial score (nSPS) is 23.2. The molecule has 0 saturated heterocycles. The van der Waals surface area contributed by atoms with E-state index in [0.29, 0.717) is 23.8 Å². The Morgan fingerprint density at radius 2 is 2.06 bits per heavy atom. The van der Waals surface area contributed by atoms with Crippen LogP contribution in [0.3, 0.4) is 0 Å². The van der Waals surface area contributed by atoms with E-state index in [9.17, 15) is 9.90 Å². The van der Waals surface area contributed by atoms with Gasteiger partial charge in [-0.25, -0.2) is 4.79 Å². The topological polar surface area (TPSA) is 50.2 Å². The van der Waals surface area contributed by atoms with Crippen LogP contribution in [0, 0.1) is 0 Å². The van der Waals surface area contributed by atoms with Crippen molar-refractivity contribution < 1.29 is 9.90 Å². The summed E-state index contributed by atoms with van der Waals surface area (Å²) in [5.74, 6) is 0.0228. The number of hydrogen-bond acceptors (Lipinski definition) is 2. The number of carboxylic acid groups (broad SMARTS) is 1. The Balaban J connectivity index is 2.60. The standard InChI is InChI=1S/C14H19NO2/c1-4-12-11(14(16)17)7-10-8(2)5-6-9(3)13(10)15-12/h7-9H,4-6H2,1-3H3,(H,16,17). The Hall–Kier alpha value is -1.38. The van der Waals surface area contributed by atoms with Crippen LogP contribution < -0.4 is 0 Å². The molecule has 1 aliphatic rings. The molecule has 17 heavy (non-hydrogen) atoms. The minimum absolute atomic E-state index is 0.382. The highest BCUT2D eigenvalue weighted by atomic mass is 16.4. The predicted molar refractivity (Wildman–Crippen MR) is 66.6 cm³/mol. The van der Waals surface area contributed by atoms with Crippen molar-refractivity contribution >= 4 is 5.97 Å². The average Bonchev–Trinajstić information content (AvgIpc) is 2.32. The summed E-state index contributed by atoms with van der Waals surface area (Å²) >= 11 is 0. The molecule has 2 atom stereocenters. The molecule has 1 aromatic rings. The van der Waals surface area contributed by atoms with Gasteiger partial charge in [0.15, 0.2) is 0 Å². The first-order valence-electron chi connectivity index (χ1n) is 6.31. The van der Waals surface area contributed by atoms with Crippen molar-refractivity contribution in [1.82, 2.24) is 4.98 Å². The molecule has 0 bridgehead atoms. The van der Waals surface area contributed by atoms with E-state index < -0.39 is 5.97 Å². The Kier molecular flexibility index (Phi) is 3.18. The number of nitrogens with zero attached hydrogens (tertiary/aromatic N) is 1. The summed E-state index contributed by atoms with van der Waals surface area (Å²) in [5.41, 5.74) is 3.35. The fraction of sp³-hybridized carbons (Fsp3) is 0.571. The van der Waals surface area contributed by atoms with Crippen LogP contribution in [0.4, 0.5) is 0 Å². The first kappa shape index (κ1) is 12.1. The van der Waals surface area contributed by atoms with E-state index in [-0.39, 0.29) is 0 Å². The molecule has 0 fully saturated rings. The molecule has 92 valence electrons. The maximum atomic E-state index is 11.2. The molecule has 0 amide bonds. The monoisotopic (exact) mass is 233 g/mol. The molecule has 2 rings (SSSR count). The number of carbonyl (C=O) groups is 1. The summed E-state index contributed by atoms with van der Waals surface area (Å²) in [6.07, 6.45) is 2.95. The highest BCUT2D eigenvalue weighted by molar-refractivity contribution is 5.89. The molecular weight excluding hydrogens is 214 g/mol. The second kappa shape index (κ2) is 4.47. The molecule has 0 aromatic carbocycles. The molecule has 0 radical (unpaired) electrons. The molecule has 2 unspecified atom stereocenters. The number of aromatic carboxylic acids is 1. The van der Waals surface area contributed by atoms with Crippen molar-refractivity contribution in [1.29, 1.82) is 0 Å². The zero-order valence-corrected chi connectivity index (χ0v) is 10.7. The van der Waals surface area contributed by atoms with E-state index in [1.807, 2.05) is 13.0 Å². The molecule has 3 nitrogen and oxygen atoms in total. The van der Waals surface area contributed by atoms with Crippen molar-refractivity contribution in [2.75, 3.05) is 0 Å². The molecule has 1 aromatic heterocycles. The summed E-state index contributed by atoms with van der Waals surface area (Å²) in [5, 5.41) is 9.21. The van der Waals surface area contributed by atoms with Crippen LogP contribution in [-0.2, 0) is 6.42 Å². The van der Waals surface area contributed by atoms with Crippen LogP contribution in [0.5, 0.6) is 0 Å².